The molecule has 0 radical (unpaired) electrons. The molecule has 8 nitrogen and oxygen atoms in total. The number of rotatable bonds is 5. The first kappa shape index (κ1) is 14.7. The summed E-state index contributed by atoms with van der Waals surface area (Å²) in [5.41, 5.74) is 16.3. The maximum absolute atomic E-state index is 12.4. The van der Waals surface area contributed by atoms with Crippen LogP contribution in [0.2, 0.25) is 0 Å². The van der Waals surface area contributed by atoms with E-state index in [0.29, 0.717) is 10.2 Å². The number of thiophene rings is 1. The monoisotopic (exact) mass is 307 g/mol. The molecule has 0 unspecified atom stereocenters. The molecular weight excluding hydrogens is 294 g/mol. The van der Waals surface area contributed by atoms with Gasteiger partial charge in [-0.3, -0.25) is 14.4 Å². The van der Waals surface area contributed by atoms with Crippen LogP contribution in [0.3, 0.4) is 0 Å². The van der Waals surface area contributed by atoms with E-state index in [1.165, 1.54) is 0 Å². The number of carbonyl (C=O) groups is 3. The molecule has 0 saturated carbocycles. The van der Waals surface area contributed by atoms with Gasteiger partial charge in [0.2, 0.25) is 11.8 Å². The molecule has 0 atom stereocenters. The lowest BCUT2D eigenvalue weighted by atomic mass is 10.2. The molecule has 9 heteroatoms. The second kappa shape index (κ2) is 5.75. The molecule has 0 aliphatic rings. The molecule has 2 rings (SSSR count). The van der Waals surface area contributed by atoms with Crippen molar-refractivity contribution in [1.29, 1.82) is 0 Å². The summed E-state index contributed by atoms with van der Waals surface area (Å²) in [7, 11) is 0. The minimum atomic E-state index is -0.748. The molecule has 0 aliphatic carbocycles. The highest BCUT2D eigenvalue weighted by Crippen LogP contribution is 2.32. The smallest absolute Gasteiger partial charge is 0.267 e. The van der Waals surface area contributed by atoms with Gasteiger partial charge in [-0.05, 0) is 12.1 Å². The molecule has 0 bridgehead atoms. The Morgan fingerprint density at radius 3 is 2.33 bits per heavy atom. The number of fused-ring (bicyclic) bond motifs is 1. The fourth-order valence-electron chi connectivity index (χ4n) is 1.83. The standard InChI is InChI=1S/C12H13N5O3S/c13-7(18)4-17(5-8(14)19)12(20)10-9(15)6-2-1-3-16-11(6)21-10/h1-3H,4-5,15H2,(H2,13,18)(H2,14,19). The molecule has 110 valence electrons. The second-order valence-corrected chi connectivity index (χ2v) is 5.29. The number of nitrogen functional groups attached to an aromatic ring is 1. The van der Waals surface area contributed by atoms with E-state index in [2.05, 4.69) is 4.98 Å². The van der Waals surface area contributed by atoms with E-state index in [4.69, 9.17) is 17.2 Å². The number of pyridine rings is 1. The Labute approximate surface area is 123 Å². The molecule has 2 heterocycles. The van der Waals surface area contributed by atoms with Crippen LogP contribution < -0.4 is 17.2 Å². The minimum Gasteiger partial charge on any atom is -0.397 e. The molecular formula is C12H13N5O3S. The van der Waals surface area contributed by atoms with Gasteiger partial charge in [0.25, 0.3) is 5.91 Å². The van der Waals surface area contributed by atoms with E-state index < -0.39 is 30.8 Å². The van der Waals surface area contributed by atoms with Crippen molar-refractivity contribution < 1.29 is 14.4 Å². The summed E-state index contributed by atoms with van der Waals surface area (Å²) in [6.07, 6.45) is 1.58. The van der Waals surface area contributed by atoms with Gasteiger partial charge in [-0.15, -0.1) is 11.3 Å². The van der Waals surface area contributed by atoms with Gasteiger partial charge < -0.3 is 22.1 Å². The van der Waals surface area contributed by atoms with Crippen molar-refractivity contribution in [2.45, 2.75) is 0 Å². The van der Waals surface area contributed by atoms with Crippen LogP contribution in [0.15, 0.2) is 18.3 Å². The zero-order valence-corrected chi connectivity index (χ0v) is 11.7. The average molecular weight is 307 g/mol. The highest BCUT2D eigenvalue weighted by molar-refractivity contribution is 7.21. The number of primary amides is 2. The van der Waals surface area contributed by atoms with Crippen LogP contribution in [-0.4, -0.2) is 40.7 Å². The van der Waals surface area contributed by atoms with E-state index in [0.717, 1.165) is 16.2 Å². The number of carbonyl (C=O) groups excluding carboxylic acids is 3. The Morgan fingerprint density at radius 2 is 1.81 bits per heavy atom. The number of nitrogens with two attached hydrogens (primary N) is 3. The van der Waals surface area contributed by atoms with Crippen LogP contribution in [0.25, 0.3) is 10.2 Å². The summed E-state index contributed by atoms with van der Waals surface area (Å²) < 4.78 is 0. The van der Waals surface area contributed by atoms with Crippen LogP contribution >= 0.6 is 11.3 Å². The van der Waals surface area contributed by atoms with Crippen molar-refractivity contribution >= 4 is 45.0 Å². The van der Waals surface area contributed by atoms with Crippen molar-refractivity contribution in [2.24, 2.45) is 11.5 Å². The van der Waals surface area contributed by atoms with Gasteiger partial charge in [0.05, 0.1) is 5.69 Å². The van der Waals surface area contributed by atoms with E-state index >= 15 is 0 Å². The molecule has 6 N–H and O–H groups in total. The third-order valence-electron chi connectivity index (χ3n) is 2.68. The quantitative estimate of drug-likeness (QED) is 0.668. The summed E-state index contributed by atoms with van der Waals surface area (Å²) in [6, 6.07) is 3.43. The Kier molecular flexibility index (Phi) is 4.03. The number of aromatic nitrogens is 1. The van der Waals surface area contributed by atoms with Crippen LogP contribution in [0.1, 0.15) is 9.67 Å². The molecule has 21 heavy (non-hydrogen) atoms. The third-order valence-corrected chi connectivity index (χ3v) is 3.80. The lowest BCUT2D eigenvalue weighted by Crippen LogP contribution is -2.43. The van der Waals surface area contributed by atoms with Crippen LogP contribution in [-0.2, 0) is 9.59 Å². The Morgan fingerprint density at radius 1 is 1.19 bits per heavy atom. The topological polar surface area (TPSA) is 145 Å². The normalized spacial score (nSPS) is 10.5. The summed E-state index contributed by atoms with van der Waals surface area (Å²) >= 11 is 1.08. The van der Waals surface area contributed by atoms with Crippen LogP contribution in [0.4, 0.5) is 5.69 Å². The fourth-order valence-corrected chi connectivity index (χ4v) is 2.86. The van der Waals surface area contributed by atoms with Gasteiger partial charge in [-0.25, -0.2) is 4.98 Å². The highest BCUT2D eigenvalue weighted by atomic mass is 32.1. The molecule has 3 amide bonds. The van der Waals surface area contributed by atoms with Crippen molar-refractivity contribution in [3.8, 4) is 0 Å². The Balaban J connectivity index is 2.40. The SMILES string of the molecule is NC(=O)CN(CC(N)=O)C(=O)c1sc2ncccc2c1N. The van der Waals surface area contributed by atoms with E-state index in [9.17, 15) is 14.4 Å². The van der Waals surface area contributed by atoms with Crippen molar-refractivity contribution in [1.82, 2.24) is 9.88 Å². The summed E-state index contributed by atoms with van der Waals surface area (Å²) in [5.74, 6) is -2.07. The minimum absolute atomic E-state index is 0.200. The van der Waals surface area contributed by atoms with E-state index in [-0.39, 0.29) is 10.6 Å². The van der Waals surface area contributed by atoms with Gasteiger partial charge in [-0.1, -0.05) is 0 Å². The molecule has 0 spiro atoms. The summed E-state index contributed by atoms with van der Waals surface area (Å²) in [5, 5.41) is 0.643. The first-order chi connectivity index (χ1) is 9.90. The second-order valence-electron chi connectivity index (χ2n) is 4.29. The molecule has 2 aromatic heterocycles. The van der Waals surface area contributed by atoms with Gasteiger partial charge in [-0.2, -0.15) is 0 Å². The lowest BCUT2D eigenvalue weighted by molar-refractivity contribution is -0.121. The van der Waals surface area contributed by atoms with E-state index in [1.54, 1.807) is 18.3 Å². The summed E-state index contributed by atoms with van der Waals surface area (Å²) in [4.78, 5) is 40.3. The summed E-state index contributed by atoms with van der Waals surface area (Å²) in [6.45, 7) is -0.828. The van der Waals surface area contributed by atoms with Crippen molar-refractivity contribution in [3.05, 3.63) is 23.2 Å². The number of hydrogen-bond donors (Lipinski definition) is 3. The van der Waals surface area contributed by atoms with Crippen molar-refractivity contribution in [2.75, 3.05) is 18.8 Å². The van der Waals surface area contributed by atoms with Crippen LogP contribution in [0.5, 0.6) is 0 Å². The first-order valence-electron chi connectivity index (χ1n) is 5.89. The zero-order chi connectivity index (χ0) is 15.6. The average Bonchev–Trinajstić information content (AvgIpc) is 2.74. The number of amides is 3. The predicted octanol–water partition coefficient (Wildman–Crippen LogP) is -0.709. The van der Waals surface area contributed by atoms with Crippen molar-refractivity contribution in [3.63, 3.8) is 0 Å². The third kappa shape index (κ3) is 3.08. The predicted molar refractivity (Wildman–Crippen MR) is 78.3 cm³/mol. The molecule has 2 aromatic rings. The number of nitrogens with zero attached hydrogens (tertiary/aromatic N) is 2. The van der Waals surface area contributed by atoms with Gasteiger partial charge in [0.15, 0.2) is 0 Å². The fraction of sp³-hybridized carbons (Fsp3) is 0.167. The van der Waals surface area contributed by atoms with Gasteiger partial charge in [0, 0.05) is 11.6 Å². The van der Waals surface area contributed by atoms with Gasteiger partial charge >= 0.3 is 0 Å². The maximum Gasteiger partial charge on any atom is 0.267 e. The van der Waals surface area contributed by atoms with Crippen LogP contribution in [0, 0.1) is 0 Å². The number of anilines is 1. The molecule has 0 aromatic carbocycles. The Bertz CT molecular complexity index is 711. The first-order valence-corrected chi connectivity index (χ1v) is 6.70. The number of hydrogen-bond acceptors (Lipinski definition) is 6. The van der Waals surface area contributed by atoms with E-state index in [1.807, 2.05) is 0 Å². The van der Waals surface area contributed by atoms with Gasteiger partial charge in [0.1, 0.15) is 22.8 Å². The maximum atomic E-state index is 12.4. The molecule has 0 fully saturated rings. The lowest BCUT2D eigenvalue weighted by Gasteiger charge is -2.18. The largest absolute Gasteiger partial charge is 0.397 e. The molecule has 0 saturated heterocycles. The highest BCUT2D eigenvalue weighted by Gasteiger charge is 2.24. The zero-order valence-electron chi connectivity index (χ0n) is 10.9. The molecule has 0 aliphatic heterocycles. The Hall–Kier alpha value is -2.68.